The number of methoxy groups -OCH3 is 2. The molecule has 1 heterocycles. The van der Waals surface area contributed by atoms with Gasteiger partial charge in [0.2, 0.25) is 0 Å². The predicted molar refractivity (Wildman–Crippen MR) is 136 cm³/mol. The normalized spacial score (nSPS) is 14.1. The van der Waals surface area contributed by atoms with E-state index in [2.05, 4.69) is 4.90 Å². The SMILES string of the molecule is COc1ccc(C(=O)/C(=C/c2ccc(OCCN3CCCC3)cc2)c2ccccc2)cc1OC. The minimum Gasteiger partial charge on any atom is -0.493 e. The zero-order valence-corrected chi connectivity index (χ0v) is 19.8. The van der Waals surface area contributed by atoms with Crippen molar-refractivity contribution in [2.24, 2.45) is 0 Å². The van der Waals surface area contributed by atoms with Gasteiger partial charge in [-0.25, -0.2) is 0 Å². The molecule has 1 aliphatic rings. The van der Waals surface area contributed by atoms with E-state index in [1.165, 1.54) is 25.9 Å². The molecular weight excluding hydrogens is 426 g/mol. The van der Waals surface area contributed by atoms with E-state index in [1.807, 2.05) is 60.7 Å². The van der Waals surface area contributed by atoms with Gasteiger partial charge in [-0.3, -0.25) is 9.69 Å². The first kappa shape index (κ1) is 23.6. The van der Waals surface area contributed by atoms with E-state index < -0.39 is 0 Å². The number of hydrogen-bond donors (Lipinski definition) is 0. The number of hydrogen-bond acceptors (Lipinski definition) is 5. The lowest BCUT2D eigenvalue weighted by molar-refractivity contribution is 0.105. The number of Topliss-reactive ketones (excluding diaryl/α,β-unsaturated/α-hetero) is 1. The Morgan fingerprint density at radius 3 is 2.24 bits per heavy atom. The van der Waals surface area contributed by atoms with Gasteiger partial charge >= 0.3 is 0 Å². The van der Waals surface area contributed by atoms with Crippen LogP contribution in [0.5, 0.6) is 17.2 Å². The van der Waals surface area contributed by atoms with Crippen LogP contribution in [0.3, 0.4) is 0 Å². The summed E-state index contributed by atoms with van der Waals surface area (Å²) in [7, 11) is 3.14. The van der Waals surface area contributed by atoms with Crippen LogP contribution >= 0.6 is 0 Å². The maximum atomic E-state index is 13.6. The minimum atomic E-state index is -0.0851. The van der Waals surface area contributed by atoms with Crippen LogP contribution in [0.25, 0.3) is 11.6 Å². The van der Waals surface area contributed by atoms with Gasteiger partial charge in [0.1, 0.15) is 12.4 Å². The van der Waals surface area contributed by atoms with E-state index in [1.54, 1.807) is 32.4 Å². The van der Waals surface area contributed by atoms with Crippen LogP contribution in [0.15, 0.2) is 72.8 Å². The molecule has 34 heavy (non-hydrogen) atoms. The summed E-state index contributed by atoms with van der Waals surface area (Å²) < 4.78 is 16.6. The summed E-state index contributed by atoms with van der Waals surface area (Å²) in [6.45, 7) is 3.98. The number of likely N-dealkylation sites (tertiary alicyclic amines) is 1. The van der Waals surface area contributed by atoms with Gasteiger partial charge in [-0.15, -0.1) is 0 Å². The molecule has 0 atom stereocenters. The highest BCUT2D eigenvalue weighted by molar-refractivity contribution is 6.32. The molecule has 0 saturated carbocycles. The van der Waals surface area contributed by atoms with Crippen LogP contribution in [0.2, 0.25) is 0 Å². The van der Waals surface area contributed by atoms with Crippen molar-refractivity contribution in [3.63, 3.8) is 0 Å². The molecule has 1 fully saturated rings. The van der Waals surface area contributed by atoms with E-state index in [0.29, 0.717) is 29.2 Å². The van der Waals surface area contributed by atoms with Crippen molar-refractivity contribution < 1.29 is 19.0 Å². The van der Waals surface area contributed by atoms with Crippen LogP contribution in [0, 0.1) is 0 Å². The topological polar surface area (TPSA) is 48.0 Å². The summed E-state index contributed by atoms with van der Waals surface area (Å²) in [6, 6.07) is 22.8. The van der Waals surface area contributed by atoms with Crippen molar-refractivity contribution in [2.45, 2.75) is 12.8 Å². The highest BCUT2D eigenvalue weighted by Crippen LogP contribution is 2.31. The Balaban J connectivity index is 1.55. The molecule has 0 radical (unpaired) electrons. The number of nitrogens with zero attached hydrogens (tertiary/aromatic N) is 1. The Bertz CT molecular complexity index is 1120. The summed E-state index contributed by atoms with van der Waals surface area (Å²) in [6.07, 6.45) is 4.49. The van der Waals surface area contributed by atoms with Gasteiger partial charge in [0.15, 0.2) is 17.3 Å². The molecule has 5 heteroatoms. The molecular formula is C29H31NO4. The van der Waals surface area contributed by atoms with Gasteiger partial charge in [0, 0.05) is 17.7 Å². The first-order valence-electron chi connectivity index (χ1n) is 11.7. The molecule has 0 N–H and O–H groups in total. The van der Waals surface area contributed by atoms with Gasteiger partial charge < -0.3 is 14.2 Å². The molecule has 4 rings (SSSR count). The van der Waals surface area contributed by atoms with E-state index in [4.69, 9.17) is 14.2 Å². The Morgan fingerprint density at radius 2 is 1.56 bits per heavy atom. The Labute approximate surface area is 201 Å². The molecule has 0 unspecified atom stereocenters. The average molecular weight is 458 g/mol. The summed E-state index contributed by atoms with van der Waals surface area (Å²) in [5.41, 5.74) is 2.93. The van der Waals surface area contributed by atoms with Crippen molar-refractivity contribution in [2.75, 3.05) is 40.5 Å². The Kier molecular flexibility index (Phi) is 7.99. The molecule has 3 aromatic rings. The van der Waals surface area contributed by atoms with Gasteiger partial charge in [-0.1, -0.05) is 42.5 Å². The summed E-state index contributed by atoms with van der Waals surface area (Å²) in [5, 5.41) is 0. The van der Waals surface area contributed by atoms with Crippen molar-refractivity contribution in [3.8, 4) is 17.2 Å². The standard InChI is InChI=1S/C29H31NO4/c1-32-27-15-12-24(21-28(27)33-2)29(31)26(23-8-4-3-5-9-23)20-22-10-13-25(14-11-22)34-19-18-30-16-6-7-17-30/h3-5,8-15,20-21H,6-7,16-19H2,1-2H3/b26-20+. The fourth-order valence-corrected chi connectivity index (χ4v) is 4.16. The quantitative estimate of drug-likeness (QED) is 0.225. The second-order valence-electron chi connectivity index (χ2n) is 8.29. The molecule has 5 nitrogen and oxygen atoms in total. The predicted octanol–water partition coefficient (Wildman–Crippen LogP) is 5.60. The number of carbonyl (C=O) groups excluding carboxylic acids is 1. The maximum Gasteiger partial charge on any atom is 0.193 e. The fourth-order valence-electron chi connectivity index (χ4n) is 4.16. The number of carbonyl (C=O) groups is 1. The number of benzene rings is 3. The zero-order chi connectivity index (χ0) is 23.8. The van der Waals surface area contributed by atoms with Crippen LogP contribution in [0.4, 0.5) is 0 Å². The van der Waals surface area contributed by atoms with Crippen molar-refractivity contribution >= 4 is 17.4 Å². The molecule has 3 aromatic carbocycles. The summed E-state index contributed by atoms with van der Waals surface area (Å²) >= 11 is 0. The second kappa shape index (κ2) is 11.5. The van der Waals surface area contributed by atoms with E-state index in [0.717, 1.165) is 23.4 Å². The van der Waals surface area contributed by atoms with Crippen LogP contribution in [-0.2, 0) is 0 Å². The lowest BCUT2D eigenvalue weighted by Gasteiger charge is -2.15. The van der Waals surface area contributed by atoms with Crippen molar-refractivity contribution in [1.29, 1.82) is 0 Å². The first-order valence-corrected chi connectivity index (χ1v) is 11.7. The van der Waals surface area contributed by atoms with Crippen LogP contribution in [0.1, 0.15) is 34.3 Å². The molecule has 1 saturated heterocycles. The number of allylic oxidation sites excluding steroid dienone is 1. The fraction of sp³-hybridized carbons (Fsp3) is 0.276. The highest BCUT2D eigenvalue weighted by Gasteiger charge is 2.17. The summed E-state index contributed by atoms with van der Waals surface area (Å²) in [4.78, 5) is 16.0. The monoisotopic (exact) mass is 457 g/mol. The third kappa shape index (κ3) is 5.86. The Morgan fingerprint density at radius 1 is 0.853 bits per heavy atom. The average Bonchev–Trinajstić information content (AvgIpc) is 3.41. The zero-order valence-electron chi connectivity index (χ0n) is 19.8. The number of ketones is 1. The van der Waals surface area contributed by atoms with Crippen molar-refractivity contribution in [3.05, 3.63) is 89.5 Å². The first-order chi connectivity index (χ1) is 16.7. The molecule has 176 valence electrons. The smallest absolute Gasteiger partial charge is 0.193 e. The molecule has 0 bridgehead atoms. The van der Waals surface area contributed by atoms with E-state index in [9.17, 15) is 4.79 Å². The van der Waals surface area contributed by atoms with Gasteiger partial charge in [0.25, 0.3) is 0 Å². The van der Waals surface area contributed by atoms with Gasteiger partial charge in [-0.2, -0.15) is 0 Å². The largest absolute Gasteiger partial charge is 0.493 e. The molecule has 1 aliphatic heterocycles. The molecule has 0 spiro atoms. The molecule has 0 aromatic heterocycles. The lowest BCUT2D eigenvalue weighted by Crippen LogP contribution is -2.25. The minimum absolute atomic E-state index is 0.0851. The molecule has 0 amide bonds. The third-order valence-corrected chi connectivity index (χ3v) is 6.04. The summed E-state index contributed by atoms with van der Waals surface area (Å²) in [5.74, 6) is 1.86. The van der Waals surface area contributed by atoms with Crippen LogP contribution in [-0.4, -0.2) is 51.1 Å². The van der Waals surface area contributed by atoms with E-state index in [-0.39, 0.29) is 5.78 Å². The van der Waals surface area contributed by atoms with E-state index >= 15 is 0 Å². The van der Waals surface area contributed by atoms with Gasteiger partial charge in [-0.05, 0) is 73.5 Å². The number of rotatable bonds is 10. The van der Waals surface area contributed by atoms with Gasteiger partial charge in [0.05, 0.1) is 14.2 Å². The third-order valence-electron chi connectivity index (χ3n) is 6.04. The highest BCUT2D eigenvalue weighted by atomic mass is 16.5. The Hall–Kier alpha value is -3.57. The maximum absolute atomic E-state index is 13.6. The lowest BCUT2D eigenvalue weighted by atomic mass is 9.94. The van der Waals surface area contributed by atoms with Crippen molar-refractivity contribution in [1.82, 2.24) is 4.90 Å². The second-order valence-corrected chi connectivity index (χ2v) is 8.29. The number of ether oxygens (including phenoxy) is 3. The van der Waals surface area contributed by atoms with Crippen LogP contribution < -0.4 is 14.2 Å². The molecule has 0 aliphatic carbocycles.